The van der Waals surface area contributed by atoms with Gasteiger partial charge in [-0.1, -0.05) is 25.1 Å². The summed E-state index contributed by atoms with van der Waals surface area (Å²) in [6.07, 6.45) is -0.142. The molecule has 9 heteroatoms. The first-order valence-corrected chi connectivity index (χ1v) is 12.4. The van der Waals surface area contributed by atoms with E-state index in [0.29, 0.717) is 24.5 Å². The van der Waals surface area contributed by atoms with E-state index in [-0.39, 0.29) is 34.6 Å². The molecule has 0 fully saturated rings. The topological polar surface area (TPSA) is 88.2 Å². The van der Waals surface area contributed by atoms with Crippen molar-refractivity contribution in [2.24, 2.45) is 5.92 Å². The number of benzene rings is 2. The lowest BCUT2D eigenvalue weighted by molar-refractivity contribution is 0.0150. The van der Waals surface area contributed by atoms with Crippen LogP contribution < -0.4 is 9.46 Å². The predicted octanol–water partition coefficient (Wildman–Crippen LogP) is 2.92. The van der Waals surface area contributed by atoms with Crippen molar-refractivity contribution in [3.63, 3.8) is 0 Å². The van der Waals surface area contributed by atoms with Crippen molar-refractivity contribution in [2.45, 2.75) is 30.9 Å². The Labute approximate surface area is 196 Å². The van der Waals surface area contributed by atoms with Crippen molar-refractivity contribution in [3.05, 3.63) is 54.1 Å². The number of hydrogen-bond donors (Lipinski definition) is 1. The average molecular weight is 476 g/mol. The van der Waals surface area contributed by atoms with Crippen LogP contribution in [0.2, 0.25) is 0 Å². The number of carbonyl (C=O) groups is 1. The molecule has 0 aromatic heterocycles. The molecule has 0 unspecified atom stereocenters. The summed E-state index contributed by atoms with van der Waals surface area (Å²) in [6.45, 7) is 5.76. The Morgan fingerprint density at radius 2 is 1.76 bits per heavy atom. The lowest BCUT2D eigenvalue weighted by atomic mass is 10.0. The maximum Gasteiger partial charge on any atom is 0.261 e. The van der Waals surface area contributed by atoms with E-state index < -0.39 is 10.0 Å². The normalized spacial score (nSPS) is 23.1. The summed E-state index contributed by atoms with van der Waals surface area (Å²) in [6, 6.07) is 13.0. The van der Waals surface area contributed by atoms with Crippen LogP contribution in [0.15, 0.2) is 53.4 Å². The number of anilines is 1. The Morgan fingerprint density at radius 1 is 1.06 bits per heavy atom. The van der Waals surface area contributed by atoms with E-state index >= 15 is 0 Å². The van der Waals surface area contributed by atoms with Gasteiger partial charge in [-0.05, 0) is 50.2 Å². The lowest BCUT2D eigenvalue weighted by Gasteiger charge is -2.34. The van der Waals surface area contributed by atoms with Gasteiger partial charge in [-0.25, -0.2) is 8.42 Å². The quantitative estimate of drug-likeness (QED) is 0.732. The van der Waals surface area contributed by atoms with Crippen LogP contribution in [-0.4, -0.2) is 77.2 Å². The van der Waals surface area contributed by atoms with Crippen LogP contribution in [0, 0.1) is 5.92 Å². The van der Waals surface area contributed by atoms with Crippen molar-refractivity contribution in [1.29, 1.82) is 0 Å². The molecule has 0 saturated carbocycles. The molecule has 0 saturated heterocycles. The Kier molecular flexibility index (Phi) is 7.99. The van der Waals surface area contributed by atoms with Crippen molar-refractivity contribution >= 4 is 21.6 Å². The Morgan fingerprint density at radius 3 is 2.42 bits per heavy atom. The molecule has 180 valence electrons. The first kappa shape index (κ1) is 25.0. The van der Waals surface area contributed by atoms with E-state index in [9.17, 15) is 13.2 Å². The minimum atomic E-state index is -3.79. The highest BCUT2D eigenvalue weighted by atomic mass is 32.2. The molecule has 0 radical (unpaired) electrons. The predicted molar refractivity (Wildman–Crippen MR) is 128 cm³/mol. The van der Waals surface area contributed by atoms with E-state index in [1.165, 1.54) is 18.2 Å². The SMILES string of the molecule is CO[C@H]1CN(C)C(=O)c2cc(NS(=O)(=O)c3ccccc3)ccc2OC[C@@H](C)N(C)C[C@@H]1C. The Hall–Kier alpha value is -2.62. The van der Waals surface area contributed by atoms with Gasteiger partial charge in [0.1, 0.15) is 12.4 Å². The molecule has 0 spiro atoms. The number of carbonyl (C=O) groups excluding carboxylic acids is 1. The number of nitrogens with one attached hydrogen (secondary N) is 1. The smallest absolute Gasteiger partial charge is 0.261 e. The monoisotopic (exact) mass is 475 g/mol. The third-order valence-electron chi connectivity index (χ3n) is 6.06. The number of fused-ring (bicyclic) bond motifs is 1. The molecule has 33 heavy (non-hydrogen) atoms. The van der Waals surface area contributed by atoms with Gasteiger partial charge in [0.2, 0.25) is 0 Å². The number of sulfonamides is 1. The molecule has 2 aromatic carbocycles. The first-order valence-electron chi connectivity index (χ1n) is 11.0. The molecule has 0 bridgehead atoms. The van der Waals surface area contributed by atoms with Crippen LogP contribution in [0.3, 0.4) is 0 Å². The van der Waals surface area contributed by atoms with Gasteiger partial charge in [0.15, 0.2) is 0 Å². The second-order valence-corrected chi connectivity index (χ2v) is 10.3. The highest BCUT2D eigenvalue weighted by molar-refractivity contribution is 7.92. The van der Waals surface area contributed by atoms with Crippen molar-refractivity contribution in [1.82, 2.24) is 9.80 Å². The zero-order valence-electron chi connectivity index (χ0n) is 19.8. The number of rotatable bonds is 4. The Balaban J connectivity index is 1.96. The van der Waals surface area contributed by atoms with Gasteiger partial charge in [-0.15, -0.1) is 0 Å². The summed E-state index contributed by atoms with van der Waals surface area (Å²) in [7, 11) is 1.62. The number of methoxy groups -OCH3 is 1. The van der Waals surface area contributed by atoms with E-state index in [1.54, 1.807) is 49.4 Å². The first-order chi connectivity index (χ1) is 15.6. The summed E-state index contributed by atoms with van der Waals surface area (Å²) in [5.41, 5.74) is 0.584. The maximum absolute atomic E-state index is 13.4. The van der Waals surface area contributed by atoms with Gasteiger partial charge < -0.3 is 14.4 Å². The van der Waals surface area contributed by atoms with Gasteiger partial charge >= 0.3 is 0 Å². The number of ether oxygens (including phenoxy) is 2. The largest absolute Gasteiger partial charge is 0.491 e. The summed E-state index contributed by atoms with van der Waals surface area (Å²) < 4.78 is 39.8. The van der Waals surface area contributed by atoms with E-state index in [4.69, 9.17) is 9.47 Å². The second-order valence-electron chi connectivity index (χ2n) is 8.67. The van der Waals surface area contributed by atoms with Crippen molar-refractivity contribution in [2.75, 3.05) is 45.6 Å². The summed E-state index contributed by atoms with van der Waals surface area (Å²) >= 11 is 0. The molecule has 1 heterocycles. The lowest BCUT2D eigenvalue weighted by Crippen LogP contribution is -2.45. The third kappa shape index (κ3) is 6.04. The van der Waals surface area contributed by atoms with Crippen LogP contribution in [0.5, 0.6) is 5.75 Å². The zero-order chi connectivity index (χ0) is 24.2. The average Bonchev–Trinajstić information content (AvgIpc) is 2.80. The molecule has 0 aliphatic carbocycles. The molecule has 1 aliphatic heterocycles. The van der Waals surface area contributed by atoms with Crippen molar-refractivity contribution < 1.29 is 22.7 Å². The number of hydrogen-bond acceptors (Lipinski definition) is 6. The fourth-order valence-corrected chi connectivity index (χ4v) is 4.91. The fourth-order valence-electron chi connectivity index (χ4n) is 3.83. The standard InChI is InChI=1S/C24H33N3O5S/c1-17-14-26(3)18(2)16-32-22-12-11-19(25-33(29,30)20-9-7-6-8-10-20)13-21(22)24(28)27(4)15-23(17)31-5/h6-13,17-18,23,25H,14-16H2,1-5H3/t17-,18+,23-/m0/s1. The zero-order valence-corrected chi connectivity index (χ0v) is 20.6. The molecule has 3 atom stereocenters. The minimum Gasteiger partial charge on any atom is -0.491 e. The number of nitrogens with zero attached hydrogens (tertiary/aromatic N) is 2. The van der Waals surface area contributed by atoms with Crippen molar-refractivity contribution in [3.8, 4) is 5.75 Å². The molecular formula is C24H33N3O5S. The van der Waals surface area contributed by atoms with Crippen LogP contribution in [0.25, 0.3) is 0 Å². The molecule has 8 nitrogen and oxygen atoms in total. The maximum atomic E-state index is 13.4. The van der Waals surface area contributed by atoms with Gasteiger partial charge in [0.05, 0.1) is 16.6 Å². The van der Waals surface area contributed by atoms with Crippen LogP contribution in [0.4, 0.5) is 5.69 Å². The summed E-state index contributed by atoms with van der Waals surface area (Å²) in [5, 5.41) is 0. The summed E-state index contributed by atoms with van der Waals surface area (Å²) in [5.74, 6) is 0.347. The third-order valence-corrected chi connectivity index (χ3v) is 7.46. The van der Waals surface area contributed by atoms with Crippen LogP contribution in [-0.2, 0) is 14.8 Å². The van der Waals surface area contributed by atoms with E-state index in [1.807, 2.05) is 7.05 Å². The van der Waals surface area contributed by atoms with Crippen LogP contribution in [0.1, 0.15) is 24.2 Å². The number of likely N-dealkylation sites (N-methyl/N-ethyl adjacent to an activating group) is 2. The van der Waals surface area contributed by atoms with Gasteiger partial charge in [-0.3, -0.25) is 14.4 Å². The molecule has 1 amide bonds. The highest BCUT2D eigenvalue weighted by Gasteiger charge is 2.27. The molecule has 1 N–H and O–H groups in total. The van der Waals surface area contributed by atoms with Gasteiger partial charge in [0, 0.05) is 39.0 Å². The summed E-state index contributed by atoms with van der Waals surface area (Å²) in [4.78, 5) is 17.3. The number of amides is 1. The van der Waals surface area contributed by atoms with Crippen LogP contribution >= 0.6 is 0 Å². The molecular weight excluding hydrogens is 442 g/mol. The molecule has 3 rings (SSSR count). The van der Waals surface area contributed by atoms with Gasteiger partial charge in [0.25, 0.3) is 15.9 Å². The second kappa shape index (κ2) is 10.5. The Bertz CT molecular complexity index is 1060. The minimum absolute atomic E-state index is 0.112. The fraction of sp³-hybridized carbons (Fsp3) is 0.458. The highest BCUT2D eigenvalue weighted by Crippen LogP contribution is 2.27. The van der Waals surface area contributed by atoms with Gasteiger partial charge in [-0.2, -0.15) is 0 Å². The van der Waals surface area contributed by atoms with E-state index in [2.05, 4.69) is 23.5 Å². The molecule has 2 aromatic rings. The molecule has 1 aliphatic rings. The van der Waals surface area contributed by atoms with E-state index in [0.717, 1.165) is 6.54 Å².